The van der Waals surface area contributed by atoms with Gasteiger partial charge in [-0.1, -0.05) is 53.9 Å². The zero-order valence-electron chi connectivity index (χ0n) is 19.8. The van der Waals surface area contributed by atoms with Crippen molar-refractivity contribution >= 4 is 63.2 Å². The quantitative estimate of drug-likeness (QED) is 0.186. The van der Waals surface area contributed by atoms with Crippen LogP contribution in [0.5, 0.6) is 0 Å². The maximum atomic E-state index is 12.9. The molecule has 36 heavy (non-hydrogen) atoms. The zero-order chi connectivity index (χ0) is 25.7. The minimum absolute atomic E-state index is 0.0971. The monoisotopic (exact) mass is 564 g/mol. The van der Waals surface area contributed by atoms with Crippen LogP contribution >= 0.6 is 46.3 Å². The van der Waals surface area contributed by atoms with E-state index in [0.29, 0.717) is 38.1 Å². The predicted molar refractivity (Wildman–Crippen MR) is 147 cm³/mol. The second-order valence-corrected chi connectivity index (χ2v) is 11.1. The number of halogens is 2. The first-order valence-corrected chi connectivity index (χ1v) is 14.1. The maximum Gasteiger partial charge on any atom is 0.341 e. The molecule has 1 aliphatic carbocycles. The number of esters is 1. The van der Waals surface area contributed by atoms with Crippen LogP contribution in [0.4, 0.5) is 5.00 Å². The Morgan fingerprint density at radius 2 is 1.97 bits per heavy atom. The van der Waals surface area contributed by atoms with Crippen molar-refractivity contribution in [1.29, 1.82) is 0 Å². The van der Waals surface area contributed by atoms with Gasteiger partial charge in [0.25, 0.3) is 0 Å². The number of nitrogens with zero attached hydrogens (tertiary/aromatic N) is 3. The molecule has 0 saturated heterocycles. The van der Waals surface area contributed by atoms with E-state index < -0.39 is 5.97 Å². The molecule has 4 rings (SSSR count). The molecular weight excluding hydrogens is 539 g/mol. The summed E-state index contributed by atoms with van der Waals surface area (Å²) in [7, 11) is 1.37. The summed E-state index contributed by atoms with van der Waals surface area (Å²) in [6.45, 7) is 4.27. The van der Waals surface area contributed by atoms with E-state index in [1.807, 2.05) is 10.6 Å². The Kier molecular flexibility index (Phi) is 9.11. The number of rotatable bonds is 8. The Balaban J connectivity index is 1.52. The van der Waals surface area contributed by atoms with Gasteiger partial charge >= 0.3 is 5.97 Å². The number of amides is 1. The summed E-state index contributed by atoms with van der Waals surface area (Å²) < 4.78 is 6.91. The summed E-state index contributed by atoms with van der Waals surface area (Å²) in [6.07, 6.45) is 7.90. The molecule has 1 amide bonds. The number of ether oxygens (including phenoxy) is 1. The van der Waals surface area contributed by atoms with Crippen molar-refractivity contribution in [2.24, 2.45) is 0 Å². The van der Waals surface area contributed by atoms with Crippen molar-refractivity contribution in [3.63, 3.8) is 0 Å². The van der Waals surface area contributed by atoms with Gasteiger partial charge in [0.05, 0.1) is 28.5 Å². The number of hydrogen-bond acceptors (Lipinski definition) is 7. The van der Waals surface area contributed by atoms with Crippen LogP contribution in [0.15, 0.2) is 36.0 Å². The molecule has 2 heterocycles. The molecular formula is C25H26Cl2N4O3S2. The van der Waals surface area contributed by atoms with Crippen molar-refractivity contribution in [3.8, 4) is 11.4 Å². The molecule has 0 atom stereocenters. The number of anilines is 1. The molecule has 0 aliphatic heterocycles. The summed E-state index contributed by atoms with van der Waals surface area (Å²) in [4.78, 5) is 26.7. The van der Waals surface area contributed by atoms with Gasteiger partial charge in [-0.3, -0.25) is 9.36 Å². The fourth-order valence-electron chi connectivity index (χ4n) is 4.16. The molecule has 190 valence electrons. The van der Waals surface area contributed by atoms with E-state index in [-0.39, 0.29) is 11.7 Å². The van der Waals surface area contributed by atoms with Crippen LogP contribution in [0.25, 0.3) is 11.4 Å². The van der Waals surface area contributed by atoms with Crippen molar-refractivity contribution in [1.82, 2.24) is 14.8 Å². The van der Waals surface area contributed by atoms with Gasteiger partial charge in [0.15, 0.2) is 11.0 Å². The molecule has 1 aromatic carbocycles. The van der Waals surface area contributed by atoms with Crippen molar-refractivity contribution in [2.45, 2.75) is 50.2 Å². The van der Waals surface area contributed by atoms with Gasteiger partial charge in [0, 0.05) is 17.0 Å². The highest BCUT2D eigenvalue weighted by molar-refractivity contribution is 7.99. The summed E-state index contributed by atoms with van der Waals surface area (Å²) in [6, 6.07) is 5.25. The van der Waals surface area contributed by atoms with E-state index in [2.05, 4.69) is 22.1 Å². The van der Waals surface area contributed by atoms with E-state index in [1.54, 1.807) is 18.2 Å². The number of thiophene rings is 1. The molecule has 1 aliphatic rings. The molecule has 3 aromatic rings. The molecule has 7 nitrogen and oxygen atoms in total. The van der Waals surface area contributed by atoms with Gasteiger partial charge in [-0.2, -0.15) is 0 Å². The van der Waals surface area contributed by atoms with Crippen molar-refractivity contribution in [3.05, 3.63) is 56.9 Å². The van der Waals surface area contributed by atoms with Gasteiger partial charge in [-0.15, -0.1) is 28.1 Å². The molecule has 2 aromatic heterocycles. The molecule has 0 saturated carbocycles. The zero-order valence-corrected chi connectivity index (χ0v) is 23.0. The van der Waals surface area contributed by atoms with Crippen LogP contribution < -0.4 is 5.32 Å². The largest absolute Gasteiger partial charge is 0.465 e. The molecule has 0 unspecified atom stereocenters. The fraction of sp³-hybridized carbons (Fsp3) is 0.360. The Bertz CT molecular complexity index is 1290. The van der Waals surface area contributed by atoms with E-state index in [4.69, 9.17) is 27.9 Å². The topological polar surface area (TPSA) is 86.1 Å². The normalized spacial score (nSPS) is 13.4. The average Bonchev–Trinajstić information content (AvgIpc) is 3.40. The van der Waals surface area contributed by atoms with E-state index in [0.717, 1.165) is 48.1 Å². The minimum Gasteiger partial charge on any atom is -0.465 e. The van der Waals surface area contributed by atoms with Crippen LogP contribution in [-0.2, 0) is 28.9 Å². The fourth-order valence-corrected chi connectivity index (χ4v) is 6.50. The highest BCUT2D eigenvalue weighted by atomic mass is 35.5. The molecule has 1 N–H and O–H groups in total. The summed E-state index contributed by atoms with van der Waals surface area (Å²) in [5.41, 5.74) is 2.27. The van der Waals surface area contributed by atoms with Crippen LogP contribution in [0.3, 0.4) is 0 Å². The lowest BCUT2D eigenvalue weighted by molar-refractivity contribution is -0.113. The Hall–Kier alpha value is -2.33. The molecule has 0 spiro atoms. The second-order valence-electron chi connectivity index (χ2n) is 8.28. The van der Waals surface area contributed by atoms with E-state index >= 15 is 0 Å². The summed E-state index contributed by atoms with van der Waals surface area (Å²) >= 11 is 15.0. The third kappa shape index (κ3) is 5.96. The Morgan fingerprint density at radius 3 is 2.69 bits per heavy atom. The number of fused-ring (bicyclic) bond motifs is 1. The van der Waals surface area contributed by atoms with Gasteiger partial charge in [0.2, 0.25) is 5.91 Å². The lowest BCUT2D eigenvalue weighted by Crippen LogP contribution is -2.17. The SMILES string of the molecule is C=CCn1c(SCC(=O)Nc2sc3c(c2C(=O)OC)CCCCCC3)nnc1-c1ccc(Cl)c(Cl)c1. The number of thioether (sulfide) groups is 1. The first-order valence-electron chi connectivity index (χ1n) is 11.6. The van der Waals surface area contributed by atoms with Gasteiger partial charge in [0.1, 0.15) is 5.00 Å². The number of carbonyl (C=O) groups excluding carboxylic acids is 2. The lowest BCUT2D eigenvalue weighted by Gasteiger charge is -2.11. The standard InChI is InChI=1S/C25H26Cl2N4O3S2/c1-3-12-31-22(15-10-11-17(26)18(27)13-15)29-30-25(31)35-14-20(32)28-23-21(24(33)34-2)16-8-6-4-5-7-9-19(16)36-23/h3,10-11,13H,1,4-9,12,14H2,2H3,(H,28,32). The number of hydrogen-bond donors (Lipinski definition) is 1. The van der Waals surface area contributed by atoms with Gasteiger partial charge in [-0.25, -0.2) is 4.79 Å². The van der Waals surface area contributed by atoms with Crippen LogP contribution in [0.1, 0.15) is 46.5 Å². The number of aryl methyl sites for hydroxylation is 1. The van der Waals surface area contributed by atoms with Gasteiger partial charge in [-0.05, 0) is 49.4 Å². The highest BCUT2D eigenvalue weighted by Gasteiger charge is 2.26. The number of nitrogens with one attached hydrogen (secondary N) is 1. The number of methoxy groups -OCH3 is 1. The summed E-state index contributed by atoms with van der Waals surface area (Å²) in [5, 5.41) is 13.5. The third-order valence-electron chi connectivity index (χ3n) is 5.85. The molecule has 0 fully saturated rings. The first-order chi connectivity index (χ1) is 17.4. The third-order valence-corrected chi connectivity index (χ3v) is 8.77. The van der Waals surface area contributed by atoms with E-state index in [9.17, 15) is 9.59 Å². The van der Waals surface area contributed by atoms with Crippen LogP contribution in [-0.4, -0.2) is 39.5 Å². The molecule has 0 bridgehead atoms. The summed E-state index contributed by atoms with van der Waals surface area (Å²) in [5.74, 6) is 0.0545. The lowest BCUT2D eigenvalue weighted by atomic mass is 9.96. The minimum atomic E-state index is -0.409. The maximum absolute atomic E-state index is 12.9. The highest BCUT2D eigenvalue weighted by Crippen LogP contribution is 2.38. The molecule has 0 radical (unpaired) electrons. The van der Waals surface area contributed by atoms with Gasteiger partial charge < -0.3 is 10.1 Å². The van der Waals surface area contributed by atoms with Crippen molar-refractivity contribution in [2.75, 3.05) is 18.2 Å². The Morgan fingerprint density at radius 1 is 1.19 bits per heavy atom. The number of carbonyl (C=O) groups is 2. The number of benzene rings is 1. The molecule has 11 heteroatoms. The Labute approximate surface area is 228 Å². The van der Waals surface area contributed by atoms with Crippen molar-refractivity contribution < 1.29 is 14.3 Å². The predicted octanol–water partition coefficient (Wildman–Crippen LogP) is 6.68. The van der Waals surface area contributed by atoms with Crippen LogP contribution in [0.2, 0.25) is 10.0 Å². The van der Waals surface area contributed by atoms with Crippen LogP contribution in [0, 0.1) is 0 Å². The van der Waals surface area contributed by atoms with E-state index in [1.165, 1.54) is 36.6 Å². The second kappa shape index (κ2) is 12.3. The number of aromatic nitrogens is 3. The average molecular weight is 566 g/mol. The number of allylic oxidation sites excluding steroid dienone is 1. The smallest absolute Gasteiger partial charge is 0.341 e. The first kappa shape index (κ1) is 26.7.